The molecule has 0 radical (unpaired) electrons. The van der Waals surface area contributed by atoms with E-state index in [0.717, 1.165) is 33.7 Å². The zero-order valence-corrected chi connectivity index (χ0v) is 23.5. The number of amides is 2. The second-order valence-corrected chi connectivity index (χ2v) is 10.1. The lowest BCUT2D eigenvalue weighted by Crippen LogP contribution is -2.52. The summed E-state index contributed by atoms with van der Waals surface area (Å²) in [5, 5.41) is 4.97. The van der Waals surface area contributed by atoms with Crippen LogP contribution in [-0.2, 0) is 22.6 Å². The number of halogens is 2. The normalized spacial score (nSPS) is 11.7. The molecular formula is C32H32BrFN2O3. The van der Waals surface area contributed by atoms with Crippen molar-refractivity contribution in [1.82, 2.24) is 10.2 Å². The van der Waals surface area contributed by atoms with Crippen LogP contribution >= 0.6 is 15.9 Å². The Morgan fingerprint density at radius 1 is 0.949 bits per heavy atom. The lowest BCUT2D eigenvalue weighted by atomic mass is 10.0. The zero-order valence-electron chi connectivity index (χ0n) is 21.9. The Kier molecular flexibility index (Phi) is 10.1. The van der Waals surface area contributed by atoms with Gasteiger partial charge in [-0.1, -0.05) is 92.2 Å². The Morgan fingerprint density at radius 3 is 2.44 bits per heavy atom. The van der Waals surface area contributed by atoms with Gasteiger partial charge in [0.2, 0.25) is 5.91 Å². The number of nitrogens with one attached hydrogen (secondary N) is 1. The van der Waals surface area contributed by atoms with Gasteiger partial charge in [0.15, 0.2) is 6.61 Å². The molecule has 4 rings (SSSR count). The van der Waals surface area contributed by atoms with Crippen molar-refractivity contribution in [3.63, 3.8) is 0 Å². The van der Waals surface area contributed by atoms with Crippen LogP contribution < -0.4 is 10.1 Å². The molecule has 0 saturated heterocycles. The molecule has 0 aliphatic heterocycles. The highest BCUT2D eigenvalue weighted by molar-refractivity contribution is 9.10. The molecule has 39 heavy (non-hydrogen) atoms. The highest BCUT2D eigenvalue weighted by atomic mass is 79.9. The maximum absolute atomic E-state index is 14.7. The predicted octanol–water partition coefficient (Wildman–Crippen LogP) is 6.68. The lowest BCUT2D eigenvalue weighted by molar-refractivity contribution is -0.142. The van der Waals surface area contributed by atoms with Crippen LogP contribution in [0.3, 0.4) is 0 Å². The molecule has 0 aliphatic rings. The Balaban J connectivity index is 1.63. The number of nitrogens with zero attached hydrogens (tertiary/aromatic N) is 1. The molecule has 4 aromatic carbocycles. The van der Waals surface area contributed by atoms with Crippen molar-refractivity contribution in [1.29, 1.82) is 0 Å². The summed E-state index contributed by atoms with van der Waals surface area (Å²) in [6, 6.07) is 26.6. The third kappa shape index (κ3) is 7.45. The SMILES string of the molecule is CCCCNC(=O)C(Cc1ccccc1)N(Cc1ccccc1F)C(=O)COc1ccc2ccccc2c1Br. The molecule has 0 aromatic heterocycles. The lowest BCUT2D eigenvalue weighted by Gasteiger charge is -2.31. The molecule has 0 aliphatic carbocycles. The van der Waals surface area contributed by atoms with Crippen molar-refractivity contribution in [2.45, 2.75) is 38.8 Å². The second kappa shape index (κ2) is 13.9. The van der Waals surface area contributed by atoms with Crippen molar-refractivity contribution in [3.05, 3.63) is 112 Å². The fourth-order valence-corrected chi connectivity index (χ4v) is 5.03. The van der Waals surface area contributed by atoms with E-state index in [1.54, 1.807) is 24.3 Å². The van der Waals surface area contributed by atoms with Gasteiger partial charge in [-0.3, -0.25) is 9.59 Å². The van der Waals surface area contributed by atoms with Gasteiger partial charge in [0, 0.05) is 25.1 Å². The topological polar surface area (TPSA) is 58.6 Å². The second-order valence-electron chi connectivity index (χ2n) is 9.35. The average Bonchev–Trinajstić information content (AvgIpc) is 2.96. The molecule has 1 unspecified atom stereocenters. The molecular weight excluding hydrogens is 559 g/mol. The first-order valence-electron chi connectivity index (χ1n) is 13.1. The van der Waals surface area contributed by atoms with E-state index in [0.29, 0.717) is 24.3 Å². The van der Waals surface area contributed by atoms with E-state index in [-0.39, 0.29) is 19.1 Å². The molecule has 0 heterocycles. The van der Waals surface area contributed by atoms with Crippen molar-refractivity contribution in [2.24, 2.45) is 0 Å². The van der Waals surface area contributed by atoms with Gasteiger partial charge < -0.3 is 15.0 Å². The van der Waals surface area contributed by atoms with Gasteiger partial charge in [-0.15, -0.1) is 0 Å². The third-order valence-electron chi connectivity index (χ3n) is 6.58. The Morgan fingerprint density at radius 2 is 1.67 bits per heavy atom. The number of ether oxygens (including phenoxy) is 1. The van der Waals surface area contributed by atoms with Gasteiger partial charge in [0.05, 0.1) is 4.47 Å². The molecule has 1 atom stereocenters. The van der Waals surface area contributed by atoms with Crippen molar-refractivity contribution in [3.8, 4) is 5.75 Å². The first kappa shape index (κ1) is 28.3. The van der Waals surface area contributed by atoms with Crippen LogP contribution in [0, 0.1) is 5.82 Å². The van der Waals surface area contributed by atoms with E-state index in [4.69, 9.17) is 4.74 Å². The Labute approximate surface area is 237 Å². The van der Waals surface area contributed by atoms with Crippen LogP contribution in [0.1, 0.15) is 30.9 Å². The minimum Gasteiger partial charge on any atom is -0.483 e. The quantitative estimate of drug-likeness (QED) is 0.187. The highest BCUT2D eigenvalue weighted by Crippen LogP contribution is 2.33. The maximum Gasteiger partial charge on any atom is 0.261 e. The first-order valence-corrected chi connectivity index (χ1v) is 13.9. The fourth-order valence-electron chi connectivity index (χ4n) is 4.42. The summed E-state index contributed by atoms with van der Waals surface area (Å²) < 4.78 is 21.4. The van der Waals surface area contributed by atoms with Crippen molar-refractivity contribution < 1.29 is 18.7 Å². The number of hydrogen-bond acceptors (Lipinski definition) is 3. The van der Waals surface area contributed by atoms with Crippen LogP contribution in [-0.4, -0.2) is 35.9 Å². The minimum atomic E-state index is -0.847. The molecule has 5 nitrogen and oxygen atoms in total. The summed E-state index contributed by atoms with van der Waals surface area (Å²) >= 11 is 3.60. The van der Waals surface area contributed by atoms with E-state index in [9.17, 15) is 14.0 Å². The summed E-state index contributed by atoms with van der Waals surface area (Å²) in [5.74, 6) is -0.605. The molecule has 0 saturated carbocycles. The van der Waals surface area contributed by atoms with Gasteiger partial charge in [-0.05, 0) is 50.8 Å². The number of rotatable bonds is 12. The van der Waals surface area contributed by atoms with E-state index < -0.39 is 17.8 Å². The summed E-state index contributed by atoms with van der Waals surface area (Å²) in [6.45, 7) is 2.18. The zero-order chi connectivity index (χ0) is 27.6. The van der Waals surface area contributed by atoms with E-state index in [2.05, 4.69) is 21.2 Å². The minimum absolute atomic E-state index is 0.0630. The number of hydrogen-bond donors (Lipinski definition) is 1. The predicted molar refractivity (Wildman–Crippen MR) is 156 cm³/mol. The van der Waals surface area contributed by atoms with Crippen molar-refractivity contribution >= 4 is 38.5 Å². The maximum atomic E-state index is 14.7. The Hall–Kier alpha value is -3.71. The molecule has 4 aromatic rings. The number of unbranched alkanes of at least 4 members (excludes halogenated alkanes) is 1. The third-order valence-corrected chi connectivity index (χ3v) is 7.40. The molecule has 202 valence electrons. The number of carbonyl (C=O) groups is 2. The molecule has 7 heteroatoms. The summed E-state index contributed by atoms with van der Waals surface area (Å²) in [6.07, 6.45) is 2.04. The van der Waals surface area contributed by atoms with E-state index >= 15 is 0 Å². The summed E-state index contributed by atoms with van der Waals surface area (Å²) in [4.78, 5) is 28.7. The first-order chi connectivity index (χ1) is 19.0. The van der Waals surface area contributed by atoms with E-state index in [1.807, 2.05) is 67.6 Å². The molecule has 1 N–H and O–H groups in total. The van der Waals surface area contributed by atoms with Crippen LogP contribution in [0.25, 0.3) is 10.8 Å². The molecule has 0 spiro atoms. The molecule has 2 amide bonds. The highest BCUT2D eigenvalue weighted by Gasteiger charge is 2.31. The smallest absolute Gasteiger partial charge is 0.261 e. The van der Waals surface area contributed by atoms with Gasteiger partial charge in [-0.2, -0.15) is 0 Å². The average molecular weight is 592 g/mol. The number of benzene rings is 4. The summed E-state index contributed by atoms with van der Waals surface area (Å²) in [5.41, 5.74) is 1.23. The summed E-state index contributed by atoms with van der Waals surface area (Å²) in [7, 11) is 0. The van der Waals surface area contributed by atoms with Crippen LogP contribution in [0.5, 0.6) is 5.75 Å². The van der Waals surface area contributed by atoms with Gasteiger partial charge in [-0.25, -0.2) is 4.39 Å². The fraction of sp³-hybridized carbons (Fsp3) is 0.250. The standard InChI is InChI=1S/C32H32BrFN2O3/c1-2-3-19-35-32(38)28(20-23-11-5-4-6-12-23)36(21-25-14-8-10-16-27(25)34)30(37)22-39-29-18-17-24-13-7-9-15-26(24)31(29)33/h4-18,28H,2-3,19-22H2,1H3,(H,35,38). The van der Waals surface area contributed by atoms with Crippen LogP contribution in [0.4, 0.5) is 4.39 Å². The van der Waals surface area contributed by atoms with Gasteiger partial charge in [0.1, 0.15) is 17.6 Å². The van der Waals surface area contributed by atoms with Crippen molar-refractivity contribution in [2.75, 3.05) is 13.2 Å². The number of fused-ring (bicyclic) bond motifs is 1. The van der Waals surface area contributed by atoms with Crippen LogP contribution in [0.15, 0.2) is 95.5 Å². The largest absolute Gasteiger partial charge is 0.483 e. The molecule has 0 fully saturated rings. The van der Waals surface area contributed by atoms with E-state index in [1.165, 1.54) is 11.0 Å². The number of carbonyl (C=O) groups excluding carboxylic acids is 2. The van der Waals surface area contributed by atoms with Gasteiger partial charge >= 0.3 is 0 Å². The van der Waals surface area contributed by atoms with Crippen LogP contribution in [0.2, 0.25) is 0 Å². The Bertz CT molecular complexity index is 1410. The monoisotopic (exact) mass is 590 g/mol. The molecule has 0 bridgehead atoms. The van der Waals surface area contributed by atoms with Gasteiger partial charge in [0.25, 0.3) is 5.91 Å².